The van der Waals surface area contributed by atoms with Crippen molar-refractivity contribution >= 4 is 16.7 Å². The first kappa shape index (κ1) is 11.6. The van der Waals surface area contributed by atoms with Crippen LogP contribution in [-0.2, 0) is 6.54 Å². The number of hydrogen-bond acceptors (Lipinski definition) is 1. The molecule has 17 heavy (non-hydrogen) atoms. The lowest BCUT2D eigenvalue weighted by Gasteiger charge is -2.01. The van der Waals surface area contributed by atoms with Crippen molar-refractivity contribution in [1.29, 1.82) is 0 Å². The molecule has 1 aromatic heterocycles. The summed E-state index contributed by atoms with van der Waals surface area (Å²) in [5, 5.41) is 1.04. The van der Waals surface area contributed by atoms with Gasteiger partial charge in [0.05, 0.1) is 0 Å². The number of aromatic nitrogens is 1. The monoisotopic (exact) mass is 227 g/mol. The van der Waals surface area contributed by atoms with Crippen molar-refractivity contribution in [2.75, 3.05) is 0 Å². The highest BCUT2D eigenvalue weighted by Crippen LogP contribution is 2.23. The van der Waals surface area contributed by atoms with Gasteiger partial charge in [-0.2, -0.15) is 0 Å². The zero-order chi connectivity index (χ0) is 12.4. The van der Waals surface area contributed by atoms with Crippen molar-refractivity contribution in [3.63, 3.8) is 0 Å². The first-order valence-corrected chi connectivity index (χ1v) is 5.88. The zero-order valence-corrected chi connectivity index (χ0v) is 10.3. The van der Waals surface area contributed by atoms with Gasteiger partial charge in [0.1, 0.15) is 0 Å². The van der Waals surface area contributed by atoms with Crippen LogP contribution in [0.2, 0.25) is 0 Å². The SMILES string of the molecule is C=CCn1cc(C(=O)C(C)C)c2ccccc21. The number of carbonyl (C=O) groups excluding carboxylic acids is 1. The van der Waals surface area contributed by atoms with E-state index in [0.29, 0.717) is 0 Å². The van der Waals surface area contributed by atoms with Crippen LogP contribution in [0.25, 0.3) is 10.9 Å². The number of para-hydroxylation sites is 1. The lowest BCUT2D eigenvalue weighted by molar-refractivity contribution is 0.0941. The highest BCUT2D eigenvalue weighted by Gasteiger charge is 2.16. The summed E-state index contributed by atoms with van der Waals surface area (Å²) in [6.45, 7) is 8.34. The molecule has 2 aromatic rings. The van der Waals surface area contributed by atoms with Gasteiger partial charge in [-0.1, -0.05) is 38.1 Å². The van der Waals surface area contributed by atoms with Crippen molar-refractivity contribution < 1.29 is 4.79 Å². The molecule has 2 heteroatoms. The fourth-order valence-electron chi connectivity index (χ4n) is 2.04. The molecule has 0 unspecified atom stereocenters. The minimum Gasteiger partial charge on any atom is -0.343 e. The number of Topliss-reactive ketones (excluding diaryl/α,β-unsaturated/α-hetero) is 1. The second-order valence-corrected chi connectivity index (χ2v) is 4.52. The third kappa shape index (κ3) is 2.03. The lowest BCUT2D eigenvalue weighted by Crippen LogP contribution is -2.06. The predicted octanol–water partition coefficient (Wildman–Crippen LogP) is 3.67. The quantitative estimate of drug-likeness (QED) is 0.577. The Morgan fingerprint density at radius 3 is 2.76 bits per heavy atom. The number of fused-ring (bicyclic) bond motifs is 1. The van der Waals surface area contributed by atoms with E-state index in [1.54, 1.807) is 0 Å². The van der Waals surface area contributed by atoms with Crippen LogP contribution in [0, 0.1) is 5.92 Å². The van der Waals surface area contributed by atoms with E-state index in [1.807, 2.05) is 50.4 Å². The highest BCUT2D eigenvalue weighted by atomic mass is 16.1. The van der Waals surface area contributed by atoms with E-state index < -0.39 is 0 Å². The fourth-order valence-corrected chi connectivity index (χ4v) is 2.04. The third-order valence-corrected chi connectivity index (χ3v) is 2.90. The Labute approximate surface area is 102 Å². The summed E-state index contributed by atoms with van der Waals surface area (Å²) in [7, 11) is 0. The van der Waals surface area contributed by atoms with Crippen LogP contribution in [0.4, 0.5) is 0 Å². The first-order valence-electron chi connectivity index (χ1n) is 5.88. The van der Waals surface area contributed by atoms with Gasteiger partial charge in [0.25, 0.3) is 0 Å². The molecule has 2 rings (SSSR count). The molecule has 0 amide bonds. The van der Waals surface area contributed by atoms with E-state index >= 15 is 0 Å². The molecule has 0 atom stereocenters. The lowest BCUT2D eigenvalue weighted by atomic mass is 10.0. The molecule has 1 heterocycles. The van der Waals surface area contributed by atoms with E-state index in [4.69, 9.17) is 0 Å². The Morgan fingerprint density at radius 1 is 1.41 bits per heavy atom. The van der Waals surface area contributed by atoms with Crippen molar-refractivity contribution in [3.8, 4) is 0 Å². The molecule has 2 nitrogen and oxygen atoms in total. The van der Waals surface area contributed by atoms with Gasteiger partial charge in [-0.15, -0.1) is 6.58 Å². The van der Waals surface area contributed by atoms with Crippen LogP contribution in [0.3, 0.4) is 0 Å². The van der Waals surface area contributed by atoms with Gasteiger partial charge in [-0.25, -0.2) is 0 Å². The summed E-state index contributed by atoms with van der Waals surface area (Å²) < 4.78 is 2.07. The predicted molar refractivity (Wildman–Crippen MR) is 71.3 cm³/mol. The molecule has 0 saturated heterocycles. The standard InChI is InChI=1S/C15H17NO/c1-4-9-16-10-13(15(17)11(2)3)12-7-5-6-8-14(12)16/h4-8,10-11H,1,9H2,2-3H3. The van der Waals surface area contributed by atoms with Crippen LogP contribution < -0.4 is 0 Å². The van der Waals surface area contributed by atoms with Crippen LogP contribution in [-0.4, -0.2) is 10.4 Å². The molecular formula is C15H17NO. The molecule has 88 valence electrons. The number of benzene rings is 1. The third-order valence-electron chi connectivity index (χ3n) is 2.90. The van der Waals surface area contributed by atoms with Crippen LogP contribution in [0.1, 0.15) is 24.2 Å². The second kappa shape index (κ2) is 4.58. The van der Waals surface area contributed by atoms with Gasteiger partial charge in [0.2, 0.25) is 0 Å². The summed E-state index contributed by atoms with van der Waals surface area (Å²) in [6, 6.07) is 8.00. The fraction of sp³-hybridized carbons (Fsp3) is 0.267. The molecule has 0 aliphatic rings. The van der Waals surface area contributed by atoms with E-state index in [2.05, 4.69) is 11.1 Å². The van der Waals surface area contributed by atoms with Gasteiger partial charge in [-0.3, -0.25) is 4.79 Å². The summed E-state index contributed by atoms with van der Waals surface area (Å²) >= 11 is 0. The number of nitrogens with zero attached hydrogens (tertiary/aromatic N) is 1. The number of carbonyl (C=O) groups is 1. The molecule has 0 radical (unpaired) electrons. The summed E-state index contributed by atoms with van der Waals surface area (Å²) in [5.74, 6) is 0.224. The van der Waals surface area contributed by atoms with Crippen molar-refractivity contribution in [3.05, 3.63) is 48.7 Å². The summed E-state index contributed by atoms with van der Waals surface area (Å²) in [5.41, 5.74) is 1.91. The second-order valence-electron chi connectivity index (χ2n) is 4.52. The van der Waals surface area contributed by atoms with Crippen LogP contribution >= 0.6 is 0 Å². The molecule has 0 aliphatic carbocycles. The van der Waals surface area contributed by atoms with Crippen LogP contribution in [0.15, 0.2) is 43.1 Å². The van der Waals surface area contributed by atoms with Gasteiger partial charge in [0, 0.05) is 35.1 Å². The average Bonchev–Trinajstić information content (AvgIpc) is 2.68. The van der Waals surface area contributed by atoms with E-state index in [1.165, 1.54) is 0 Å². The molecule has 0 fully saturated rings. The number of rotatable bonds is 4. The average molecular weight is 227 g/mol. The molecule has 0 spiro atoms. The van der Waals surface area contributed by atoms with Crippen molar-refractivity contribution in [2.45, 2.75) is 20.4 Å². The number of ketones is 1. The minimum atomic E-state index is 0.0259. The van der Waals surface area contributed by atoms with Crippen LogP contribution in [0.5, 0.6) is 0 Å². The van der Waals surface area contributed by atoms with Gasteiger partial charge in [0.15, 0.2) is 5.78 Å². The van der Waals surface area contributed by atoms with Gasteiger partial charge in [-0.05, 0) is 6.07 Å². The molecule has 0 saturated carbocycles. The highest BCUT2D eigenvalue weighted by molar-refractivity contribution is 6.08. The first-order chi connectivity index (χ1) is 8.15. The Kier molecular flexibility index (Phi) is 3.14. The Balaban J connectivity index is 2.64. The van der Waals surface area contributed by atoms with Gasteiger partial charge >= 0.3 is 0 Å². The smallest absolute Gasteiger partial charge is 0.167 e. The van der Waals surface area contributed by atoms with Crippen molar-refractivity contribution in [1.82, 2.24) is 4.57 Å². The summed E-state index contributed by atoms with van der Waals surface area (Å²) in [4.78, 5) is 12.1. The zero-order valence-electron chi connectivity index (χ0n) is 10.3. The molecule has 1 aromatic carbocycles. The maximum absolute atomic E-state index is 12.1. The Hall–Kier alpha value is -1.83. The summed E-state index contributed by atoms with van der Waals surface area (Å²) in [6.07, 6.45) is 3.78. The number of hydrogen-bond donors (Lipinski definition) is 0. The maximum atomic E-state index is 12.1. The molecule has 0 aliphatic heterocycles. The normalized spacial score (nSPS) is 11.0. The van der Waals surface area contributed by atoms with E-state index in [9.17, 15) is 4.79 Å². The van der Waals surface area contributed by atoms with Crippen molar-refractivity contribution in [2.24, 2.45) is 5.92 Å². The number of allylic oxidation sites excluding steroid dienone is 1. The largest absolute Gasteiger partial charge is 0.343 e. The Bertz CT molecular complexity index is 563. The van der Waals surface area contributed by atoms with Gasteiger partial charge < -0.3 is 4.57 Å². The van der Waals surface area contributed by atoms with E-state index in [-0.39, 0.29) is 11.7 Å². The topological polar surface area (TPSA) is 22.0 Å². The molecule has 0 bridgehead atoms. The molecular weight excluding hydrogens is 210 g/mol. The van der Waals surface area contributed by atoms with E-state index in [0.717, 1.165) is 23.0 Å². The molecule has 0 N–H and O–H groups in total. The minimum absolute atomic E-state index is 0.0259. The Morgan fingerprint density at radius 2 is 2.12 bits per heavy atom. The maximum Gasteiger partial charge on any atom is 0.167 e.